The summed E-state index contributed by atoms with van der Waals surface area (Å²) in [5.74, 6) is 1.39. The SMILES string of the molecule is C#CCN(C)C(=O)c1ccc(Cl)c(F)c1. The molecule has 1 amide bonds. The van der Waals surface area contributed by atoms with Gasteiger partial charge in [0.1, 0.15) is 5.82 Å². The molecule has 1 rings (SSSR count). The Bertz CT molecular complexity index is 425. The first kappa shape index (κ1) is 11.5. The van der Waals surface area contributed by atoms with Crippen LogP contribution in [0, 0.1) is 18.2 Å². The minimum absolute atomic E-state index is 0.00819. The molecule has 1 aromatic carbocycles. The lowest BCUT2D eigenvalue weighted by molar-refractivity contribution is 0.0812. The molecule has 0 radical (unpaired) electrons. The van der Waals surface area contributed by atoms with Crippen molar-refractivity contribution in [2.45, 2.75) is 0 Å². The molecule has 0 aromatic heterocycles. The molecule has 0 N–H and O–H groups in total. The van der Waals surface area contributed by atoms with Gasteiger partial charge in [-0.25, -0.2) is 4.39 Å². The van der Waals surface area contributed by atoms with Crippen LogP contribution in [0.1, 0.15) is 10.4 Å². The van der Waals surface area contributed by atoms with E-state index in [-0.39, 0.29) is 23.0 Å². The maximum Gasteiger partial charge on any atom is 0.254 e. The van der Waals surface area contributed by atoms with Crippen LogP contribution in [0.15, 0.2) is 18.2 Å². The van der Waals surface area contributed by atoms with Gasteiger partial charge in [-0.05, 0) is 18.2 Å². The van der Waals surface area contributed by atoms with E-state index in [2.05, 4.69) is 5.92 Å². The number of halogens is 2. The zero-order valence-corrected chi connectivity index (χ0v) is 8.88. The third kappa shape index (κ3) is 2.71. The fraction of sp³-hybridized carbons (Fsp3) is 0.182. The van der Waals surface area contributed by atoms with Gasteiger partial charge in [0.05, 0.1) is 11.6 Å². The molecule has 0 bridgehead atoms. The fourth-order valence-electron chi connectivity index (χ4n) is 1.06. The average Bonchev–Trinajstić information content (AvgIpc) is 2.21. The van der Waals surface area contributed by atoms with E-state index in [1.54, 1.807) is 7.05 Å². The molecule has 0 saturated heterocycles. The molecule has 0 aliphatic heterocycles. The second kappa shape index (κ2) is 4.81. The number of rotatable bonds is 2. The average molecular weight is 226 g/mol. The van der Waals surface area contributed by atoms with Gasteiger partial charge in [0.25, 0.3) is 5.91 Å². The van der Waals surface area contributed by atoms with Crippen LogP contribution in [0.3, 0.4) is 0 Å². The molecule has 0 atom stereocenters. The van der Waals surface area contributed by atoms with Crippen LogP contribution >= 0.6 is 11.6 Å². The van der Waals surface area contributed by atoms with Crippen molar-refractivity contribution in [1.29, 1.82) is 0 Å². The first-order valence-electron chi connectivity index (χ1n) is 4.20. The van der Waals surface area contributed by atoms with Gasteiger partial charge in [-0.1, -0.05) is 17.5 Å². The number of amides is 1. The molecular weight excluding hydrogens is 217 g/mol. The van der Waals surface area contributed by atoms with Crippen LogP contribution in [0.4, 0.5) is 4.39 Å². The largest absolute Gasteiger partial charge is 0.331 e. The van der Waals surface area contributed by atoms with E-state index < -0.39 is 5.82 Å². The fourth-order valence-corrected chi connectivity index (χ4v) is 1.18. The zero-order valence-electron chi connectivity index (χ0n) is 8.13. The van der Waals surface area contributed by atoms with Crippen molar-refractivity contribution in [1.82, 2.24) is 4.90 Å². The van der Waals surface area contributed by atoms with Gasteiger partial charge >= 0.3 is 0 Å². The molecule has 0 fully saturated rings. The Balaban J connectivity index is 2.93. The van der Waals surface area contributed by atoms with Gasteiger partial charge in [-0.15, -0.1) is 6.42 Å². The van der Waals surface area contributed by atoms with E-state index in [0.29, 0.717) is 0 Å². The maximum absolute atomic E-state index is 13.0. The highest BCUT2D eigenvalue weighted by Gasteiger charge is 2.12. The Morgan fingerprint density at radius 3 is 2.87 bits per heavy atom. The van der Waals surface area contributed by atoms with E-state index in [1.165, 1.54) is 17.0 Å². The van der Waals surface area contributed by atoms with Crippen molar-refractivity contribution in [2.24, 2.45) is 0 Å². The van der Waals surface area contributed by atoms with Crippen molar-refractivity contribution in [2.75, 3.05) is 13.6 Å². The van der Waals surface area contributed by atoms with Gasteiger partial charge in [-0.2, -0.15) is 0 Å². The summed E-state index contributed by atoms with van der Waals surface area (Å²) in [6.45, 7) is 0.184. The lowest BCUT2D eigenvalue weighted by Gasteiger charge is -2.13. The molecule has 2 nitrogen and oxygen atoms in total. The predicted molar refractivity (Wildman–Crippen MR) is 57.2 cm³/mol. The third-order valence-electron chi connectivity index (χ3n) is 1.84. The Morgan fingerprint density at radius 2 is 2.33 bits per heavy atom. The van der Waals surface area contributed by atoms with E-state index in [0.717, 1.165) is 6.07 Å². The minimum Gasteiger partial charge on any atom is -0.331 e. The van der Waals surface area contributed by atoms with Gasteiger partial charge in [-0.3, -0.25) is 4.79 Å². The Kier molecular flexibility index (Phi) is 3.70. The number of carbonyl (C=O) groups is 1. The maximum atomic E-state index is 13.0. The number of terminal acetylenes is 1. The van der Waals surface area contributed by atoms with Gasteiger partial charge in [0.15, 0.2) is 0 Å². The number of nitrogens with zero attached hydrogens (tertiary/aromatic N) is 1. The smallest absolute Gasteiger partial charge is 0.254 e. The topological polar surface area (TPSA) is 20.3 Å². The normalized spacial score (nSPS) is 9.47. The summed E-state index contributed by atoms with van der Waals surface area (Å²) in [6, 6.07) is 3.90. The zero-order chi connectivity index (χ0) is 11.4. The van der Waals surface area contributed by atoms with E-state index in [9.17, 15) is 9.18 Å². The lowest BCUT2D eigenvalue weighted by atomic mass is 10.2. The monoisotopic (exact) mass is 225 g/mol. The molecule has 0 saturated carbocycles. The molecule has 0 aliphatic rings. The Morgan fingerprint density at radius 1 is 1.67 bits per heavy atom. The summed E-state index contributed by atoms with van der Waals surface area (Å²) in [5, 5.41) is -0.00819. The summed E-state index contributed by atoms with van der Waals surface area (Å²) >= 11 is 5.49. The van der Waals surface area contributed by atoms with Crippen LogP contribution in [0.2, 0.25) is 5.02 Å². The van der Waals surface area contributed by atoms with Crippen molar-refractivity contribution < 1.29 is 9.18 Å². The molecule has 78 valence electrons. The first-order valence-corrected chi connectivity index (χ1v) is 4.58. The summed E-state index contributed by atoms with van der Waals surface area (Å²) in [6.07, 6.45) is 5.06. The van der Waals surface area contributed by atoms with Crippen LogP contribution < -0.4 is 0 Å². The van der Waals surface area contributed by atoms with Gasteiger partial charge < -0.3 is 4.90 Å². The van der Waals surface area contributed by atoms with Gasteiger partial charge in [0, 0.05) is 12.6 Å². The third-order valence-corrected chi connectivity index (χ3v) is 2.15. The van der Waals surface area contributed by atoms with Crippen molar-refractivity contribution in [3.05, 3.63) is 34.6 Å². The highest BCUT2D eigenvalue weighted by atomic mass is 35.5. The molecule has 15 heavy (non-hydrogen) atoms. The van der Waals surface area contributed by atoms with E-state index in [1.807, 2.05) is 0 Å². The Labute approximate surface area is 92.6 Å². The molecule has 1 aromatic rings. The second-order valence-electron chi connectivity index (χ2n) is 2.99. The molecule has 0 heterocycles. The van der Waals surface area contributed by atoms with Crippen molar-refractivity contribution in [3.63, 3.8) is 0 Å². The Hall–Kier alpha value is -1.53. The summed E-state index contributed by atoms with van der Waals surface area (Å²) in [7, 11) is 1.55. The van der Waals surface area contributed by atoms with Crippen LogP contribution in [0.25, 0.3) is 0 Å². The predicted octanol–water partition coefficient (Wildman–Crippen LogP) is 2.18. The summed E-state index contributed by atoms with van der Waals surface area (Å²) in [5.41, 5.74) is 0.231. The molecular formula is C11H9ClFNO. The molecule has 0 unspecified atom stereocenters. The van der Waals surface area contributed by atoms with Gasteiger partial charge in [0.2, 0.25) is 0 Å². The van der Waals surface area contributed by atoms with E-state index >= 15 is 0 Å². The lowest BCUT2D eigenvalue weighted by Crippen LogP contribution is -2.26. The molecule has 4 heteroatoms. The number of hydrogen-bond acceptors (Lipinski definition) is 1. The highest BCUT2D eigenvalue weighted by molar-refractivity contribution is 6.30. The standard InChI is InChI=1S/C11H9ClFNO/c1-3-6-14(2)11(15)8-4-5-9(12)10(13)7-8/h1,4-5,7H,6H2,2H3. The number of carbonyl (C=O) groups excluding carboxylic acids is 1. The first-order chi connectivity index (χ1) is 7.06. The quantitative estimate of drug-likeness (QED) is 0.707. The second-order valence-corrected chi connectivity index (χ2v) is 3.40. The van der Waals surface area contributed by atoms with Crippen LogP contribution in [-0.2, 0) is 0 Å². The van der Waals surface area contributed by atoms with Crippen LogP contribution in [-0.4, -0.2) is 24.4 Å². The molecule has 0 aliphatic carbocycles. The van der Waals surface area contributed by atoms with Crippen molar-refractivity contribution in [3.8, 4) is 12.3 Å². The number of benzene rings is 1. The summed E-state index contributed by atoms with van der Waals surface area (Å²) < 4.78 is 13.0. The van der Waals surface area contributed by atoms with Crippen LogP contribution in [0.5, 0.6) is 0 Å². The minimum atomic E-state index is -0.614. The highest BCUT2D eigenvalue weighted by Crippen LogP contribution is 2.16. The van der Waals surface area contributed by atoms with Crippen molar-refractivity contribution >= 4 is 17.5 Å². The van der Waals surface area contributed by atoms with E-state index in [4.69, 9.17) is 18.0 Å². The summed E-state index contributed by atoms with van der Waals surface area (Å²) in [4.78, 5) is 12.9. The number of hydrogen-bond donors (Lipinski definition) is 0. The molecule has 0 spiro atoms.